The molecular weight excluding hydrogens is 252 g/mol. The molecule has 0 bridgehead atoms. The molecule has 0 saturated carbocycles. The van der Waals surface area contributed by atoms with E-state index in [0.717, 1.165) is 24.2 Å². The number of amides is 1. The summed E-state index contributed by atoms with van der Waals surface area (Å²) in [5, 5.41) is 0. The van der Waals surface area contributed by atoms with E-state index in [9.17, 15) is 4.79 Å². The summed E-state index contributed by atoms with van der Waals surface area (Å²) in [4.78, 5) is 14.3. The van der Waals surface area contributed by atoms with Crippen LogP contribution in [0, 0.1) is 5.92 Å². The van der Waals surface area contributed by atoms with Gasteiger partial charge in [0, 0.05) is 38.9 Å². The summed E-state index contributed by atoms with van der Waals surface area (Å²) >= 11 is 0. The monoisotopic (exact) mass is 278 g/mol. The van der Waals surface area contributed by atoms with Crippen LogP contribution in [0.5, 0.6) is 0 Å². The first-order valence-corrected chi connectivity index (χ1v) is 7.18. The average Bonchev–Trinajstić information content (AvgIpc) is 2.40. The van der Waals surface area contributed by atoms with Gasteiger partial charge in [0.25, 0.3) is 0 Å². The van der Waals surface area contributed by atoms with E-state index in [-0.39, 0.29) is 11.8 Å². The fourth-order valence-corrected chi connectivity index (χ4v) is 2.22. The lowest BCUT2D eigenvalue weighted by Gasteiger charge is -2.24. The second-order valence-corrected chi connectivity index (χ2v) is 5.28. The molecule has 0 aliphatic heterocycles. The highest BCUT2D eigenvalue weighted by Crippen LogP contribution is 2.15. The standard InChI is InChI=1S/C16H26N2O2/c1-4-9-18(16(19)10-13(2)12-20-3)11-14-7-5-6-8-15(14)17/h5-8,13H,4,9-12,17H2,1-3H3. The molecule has 0 aliphatic carbocycles. The van der Waals surface area contributed by atoms with Crippen molar-refractivity contribution in [3.05, 3.63) is 29.8 Å². The summed E-state index contributed by atoms with van der Waals surface area (Å²) in [5.41, 5.74) is 7.71. The maximum absolute atomic E-state index is 12.4. The first-order chi connectivity index (χ1) is 9.58. The quantitative estimate of drug-likeness (QED) is 0.744. The molecule has 4 heteroatoms. The number of ether oxygens (including phenoxy) is 1. The Bertz CT molecular complexity index is 421. The first kappa shape index (κ1) is 16.5. The third-order valence-electron chi connectivity index (χ3n) is 3.24. The van der Waals surface area contributed by atoms with Crippen molar-refractivity contribution in [2.75, 3.05) is 26.0 Å². The van der Waals surface area contributed by atoms with Gasteiger partial charge in [0.05, 0.1) is 0 Å². The Morgan fingerprint density at radius 2 is 2.10 bits per heavy atom. The van der Waals surface area contributed by atoms with Gasteiger partial charge in [0.15, 0.2) is 0 Å². The van der Waals surface area contributed by atoms with Gasteiger partial charge in [-0.05, 0) is 24.0 Å². The molecule has 1 aromatic carbocycles. The molecule has 1 rings (SSSR count). The number of benzene rings is 1. The van der Waals surface area contributed by atoms with Gasteiger partial charge in [0.1, 0.15) is 0 Å². The second kappa shape index (κ2) is 8.59. The largest absolute Gasteiger partial charge is 0.398 e. The van der Waals surface area contributed by atoms with Crippen LogP contribution in [-0.2, 0) is 16.1 Å². The molecule has 20 heavy (non-hydrogen) atoms. The van der Waals surface area contributed by atoms with E-state index in [2.05, 4.69) is 6.92 Å². The fraction of sp³-hybridized carbons (Fsp3) is 0.562. The Balaban J connectivity index is 2.68. The summed E-state index contributed by atoms with van der Waals surface area (Å²) < 4.78 is 5.09. The molecule has 0 fully saturated rings. The SMILES string of the molecule is CCCN(Cc1ccccc1N)C(=O)CC(C)COC. The lowest BCUT2D eigenvalue weighted by atomic mass is 10.1. The zero-order chi connectivity index (χ0) is 15.0. The van der Waals surface area contributed by atoms with Crippen LogP contribution in [0.3, 0.4) is 0 Å². The average molecular weight is 278 g/mol. The van der Waals surface area contributed by atoms with E-state index < -0.39 is 0 Å². The van der Waals surface area contributed by atoms with Crippen LogP contribution in [0.1, 0.15) is 32.3 Å². The van der Waals surface area contributed by atoms with Crippen LogP contribution >= 0.6 is 0 Å². The zero-order valence-corrected chi connectivity index (χ0v) is 12.8. The number of hydrogen-bond donors (Lipinski definition) is 1. The van der Waals surface area contributed by atoms with Crippen LogP contribution < -0.4 is 5.73 Å². The number of anilines is 1. The van der Waals surface area contributed by atoms with Crippen molar-refractivity contribution in [3.8, 4) is 0 Å². The fourth-order valence-electron chi connectivity index (χ4n) is 2.22. The van der Waals surface area contributed by atoms with E-state index in [4.69, 9.17) is 10.5 Å². The van der Waals surface area contributed by atoms with Crippen molar-refractivity contribution in [2.24, 2.45) is 5.92 Å². The van der Waals surface area contributed by atoms with Gasteiger partial charge in [-0.2, -0.15) is 0 Å². The van der Waals surface area contributed by atoms with Crippen LogP contribution in [0.2, 0.25) is 0 Å². The van der Waals surface area contributed by atoms with Gasteiger partial charge in [-0.25, -0.2) is 0 Å². The van der Waals surface area contributed by atoms with Crippen LogP contribution in [0.25, 0.3) is 0 Å². The second-order valence-electron chi connectivity index (χ2n) is 5.28. The minimum Gasteiger partial charge on any atom is -0.398 e. The number of carbonyl (C=O) groups is 1. The third kappa shape index (κ3) is 5.21. The van der Waals surface area contributed by atoms with Gasteiger partial charge in [0.2, 0.25) is 5.91 Å². The highest BCUT2D eigenvalue weighted by molar-refractivity contribution is 5.76. The molecule has 0 spiro atoms. The Morgan fingerprint density at radius 3 is 2.70 bits per heavy atom. The van der Waals surface area contributed by atoms with E-state index >= 15 is 0 Å². The molecule has 4 nitrogen and oxygen atoms in total. The highest BCUT2D eigenvalue weighted by Gasteiger charge is 2.17. The number of nitrogens with zero attached hydrogens (tertiary/aromatic N) is 1. The van der Waals surface area contributed by atoms with Gasteiger partial charge in [-0.1, -0.05) is 32.0 Å². The highest BCUT2D eigenvalue weighted by atomic mass is 16.5. The van der Waals surface area contributed by atoms with Gasteiger partial charge in [-0.15, -0.1) is 0 Å². The smallest absolute Gasteiger partial charge is 0.223 e. The Labute approximate surface area is 121 Å². The normalized spacial score (nSPS) is 12.2. The molecule has 0 aromatic heterocycles. The zero-order valence-electron chi connectivity index (χ0n) is 12.8. The molecule has 112 valence electrons. The predicted octanol–water partition coefficient (Wildman–Crippen LogP) is 2.68. The lowest BCUT2D eigenvalue weighted by molar-refractivity contribution is -0.133. The molecule has 1 aromatic rings. The minimum atomic E-state index is 0.166. The maximum Gasteiger partial charge on any atom is 0.223 e. The number of hydrogen-bond acceptors (Lipinski definition) is 3. The van der Waals surface area contributed by atoms with Crippen molar-refractivity contribution >= 4 is 11.6 Å². The van der Waals surface area contributed by atoms with Crippen molar-refractivity contribution in [3.63, 3.8) is 0 Å². The number of carbonyl (C=O) groups excluding carboxylic acids is 1. The van der Waals surface area contributed by atoms with Crippen molar-refractivity contribution < 1.29 is 9.53 Å². The third-order valence-corrected chi connectivity index (χ3v) is 3.24. The van der Waals surface area contributed by atoms with Crippen LogP contribution in [0.15, 0.2) is 24.3 Å². The molecule has 1 atom stereocenters. The Kier molecular flexibility index (Phi) is 7.09. The number of nitrogen functional groups attached to an aromatic ring is 1. The summed E-state index contributed by atoms with van der Waals surface area (Å²) in [6.07, 6.45) is 1.46. The van der Waals surface area contributed by atoms with Gasteiger partial charge in [-0.3, -0.25) is 4.79 Å². The molecule has 2 N–H and O–H groups in total. The number of nitrogens with two attached hydrogens (primary N) is 1. The molecule has 1 unspecified atom stereocenters. The van der Waals surface area contributed by atoms with Crippen LogP contribution in [-0.4, -0.2) is 31.1 Å². The minimum absolute atomic E-state index is 0.166. The molecular formula is C16H26N2O2. The summed E-state index contributed by atoms with van der Waals surface area (Å²) in [7, 11) is 1.66. The van der Waals surface area contributed by atoms with Crippen molar-refractivity contribution in [1.82, 2.24) is 4.90 Å². The Morgan fingerprint density at radius 1 is 1.40 bits per heavy atom. The number of rotatable bonds is 8. The molecule has 0 radical (unpaired) electrons. The van der Waals surface area contributed by atoms with Crippen LogP contribution in [0.4, 0.5) is 5.69 Å². The van der Waals surface area contributed by atoms with Crippen molar-refractivity contribution in [2.45, 2.75) is 33.2 Å². The Hall–Kier alpha value is -1.55. The molecule has 0 heterocycles. The van der Waals surface area contributed by atoms with Gasteiger partial charge >= 0.3 is 0 Å². The van der Waals surface area contributed by atoms with E-state index in [1.807, 2.05) is 36.1 Å². The molecule has 0 saturated heterocycles. The summed E-state index contributed by atoms with van der Waals surface area (Å²) in [6, 6.07) is 7.71. The maximum atomic E-state index is 12.4. The van der Waals surface area contributed by atoms with Gasteiger partial charge < -0.3 is 15.4 Å². The first-order valence-electron chi connectivity index (χ1n) is 7.18. The molecule has 1 amide bonds. The lowest BCUT2D eigenvalue weighted by Crippen LogP contribution is -2.33. The number of methoxy groups -OCH3 is 1. The van der Waals surface area contributed by atoms with E-state index in [0.29, 0.717) is 19.6 Å². The topological polar surface area (TPSA) is 55.6 Å². The van der Waals surface area contributed by atoms with E-state index in [1.165, 1.54) is 0 Å². The van der Waals surface area contributed by atoms with E-state index in [1.54, 1.807) is 7.11 Å². The van der Waals surface area contributed by atoms with Crippen molar-refractivity contribution in [1.29, 1.82) is 0 Å². The summed E-state index contributed by atoms with van der Waals surface area (Å²) in [5.74, 6) is 0.402. The number of para-hydroxylation sites is 1. The molecule has 0 aliphatic rings. The predicted molar refractivity (Wildman–Crippen MR) is 82.2 cm³/mol. The summed E-state index contributed by atoms with van der Waals surface area (Å²) in [6.45, 7) is 6.06.